The Kier molecular flexibility index (Phi) is 11.3. The molecule has 18 nitrogen and oxygen atoms in total. The Bertz CT molecular complexity index is 1290. The second-order valence-electron chi connectivity index (χ2n) is 8.75. The van der Waals surface area contributed by atoms with Gasteiger partial charge in [-0.05, 0) is 29.5 Å². The number of hydrogen-bond acceptors (Lipinski definition) is 10. The van der Waals surface area contributed by atoms with Crippen LogP contribution in [0.4, 0.5) is 5.69 Å². The van der Waals surface area contributed by atoms with Gasteiger partial charge in [0.25, 0.3) is 11.6 Å². The Balaban J connectivity index is 2.52. The predicted molar refractivity (Wildman–Crippen MR) is 144 cm³/mol. The lowest BCUT2D eigenvalue weighted by atomic mass is 10.1. The molecule has 1 unspecified atom stereocenters. The smallest absolute Gasteiger partial charge is 0.305 e. The van der Waals surface area contributed by atoms with Crippen LogP contribution in [0.15, 0.2) is 12.1 Å². The first-order valence-electron chi connectivity index (χ1n) is 11.7. The average Bonchev–Trinajstić information content (AvgIpc) is 2.86. The number of nitrogens with two attached hydrogens (primary N) is 2. The van der Waals surface area contributed by atoms with Crippen molar-refractivity contribution in [1.29, 1.82) is 0 Å². The van der Waals surface area contributed by atoms with Gasteiger partial charge in [0.15, 0.2) is 0 Å². The maximum absolute atomic E-state index is 13.1. The highest BCUT2D eigenvalue weighted by atomic mass is 127. The number of nitro benzene ring substituents is 1. The van der Waals surface area contributed by atoms with Crippen molar-refractivity contribution in [3.63, 3.8) is 0 Å². The number of aliphatic carboxylic acids is 1. The van der Waals surface area contributed by atoms with Gasteiger partial charge in [-0.3, -0.25) is 43.7 Å². The number of carbonyl (C=O) groups is 7. The molecule has 1 aliphatic heterocycles. The van der Waals surface area contributed by atoms with Crippen LogP contribution < -0.4 is 37.5 Å². The minimum Gasteiger partial charge on any atom is -0.492 e. The zero-order valence-electron chi connectivity index (χ0n) is 21.3. The molecular formula is C22H26IN7O11. The SMILES string of the molecule is C[C@@H]1NC(=O)[C@H](CC(N)=O)NC(=O)c2cc([N+](=O)[O-])cc(I)c2OCC[C@@H](C(=O)NC(CC(=O)O)C(N)=O)NC1=O. The van der Waals surface area contributed by atoms with E-state index in [2.05, 4.69) is 21.3 Å². The summed E-state index contributed by atoms with van der Waals surface area (Å²) in [4.78, 5) is 96.7. The molecule has 1 aromatic rings. The van der Waals surface area contributed by atoms with Crippen molar-refractivity contribution < 1.29 is 48.3 Å². The number of ether oxygens (including phenoxy) is 1. The first kappa shape index (κ1) is 32.7. The molecule has 4 atom stereocenters. The van der Waals surface area contributed by atoms with E-state index >= 15 is 0 Å². The van der Waals surface area contributed by atoms with Crippen LogP contribution in [-0.4, -0.2) is 82.2 Å². The van der Waals surface area contributed by atoms with E-state index in [-0.39, 0.29) is 27.9 Å². The molecule has 1 heterocycles. The van der Waals surface area contributed by atoms with Gasteiger partial charge < -0.3 is 42.6 Å². The number of benzene rings is 1. The summed E-state index contributed by atoms with van der Waals surface area (Å²) < 4.78 is 5.77. The maximum atomic E-state index is 13.1. The highest BCUT2D eigenvalue weighted by molar-refractivity contribution is 14.1. The monoisotopic (exact) mass is 691 g/mol. The fraction of sp³-hybridized carbons (Fsp3) is 0.409. The van der Waals surface area contributed by atoms with Gasteiger partial charge in [0.05, 0.1) is 33.5 Å². The molecule has 0 saturated carbocycles. The Hall–Kier alpha value is -4.56. The lowest BCUT2D eigenvalue weighted by molar-refractivity contribution is -0.385. The number of carbonyl (C=O) groups excluding carboxylic acids is 6. The van der Waals surface area contributed by atoms with Crippen molar-refractivity contribution in [2.24, 2.45) is 11.5 Å². The number of rotatable bonds is 8. The number of fused-ring (bicyclic) bond motifs is 1. The second kappa shape index (κ2) is 14.2. The molecule has 9 N–H and O–H groups in total. The first-order valence-corrected chi connectivity index (χ1v) is 12.8. The summed E-state index contributed by atoms with van der Waals surface area (Å²) in [5.41, 5.74) is 9.50. The van der Waals surface area contributed by atoms with Crippen molar-refractivity contribution >= 4 is 69.7 Å². The molecule has 0 aliphatic carbocycles. The molecule has 0 spiro atoms. The van der Waals surface area contributed by atoms with Crippen LogP contribution in [0.5, 0.6) is 5.75 Å². The lowest BCUT2D eigenvalue weighted by Gasteiger charge is -2.25. The Morgan fingerprint density at radius 2 is 1.83 bits per heavy atom. The number of non-ortho nitro benzene ring substituents is 1. The van der Waals surface area contributed by atoms with Crippen molar-refractivity contribution in [2.75, 3.05) is 6.61 Å². The highest BCUT2D eigenvalue weighted by Gasteiger charge is 2.32. The number of halogens is 1. The molecule has 1 aliphatic rings. The van der Waals surface area contributed by atoms with E-state index in [1.807, 2.05) is 0 Å². The van der Waals surface area contributed by atoms with Gasteiger partial charge in [0.2, 0.25) is 29.5 Å². The molecule has 0 aromatic heterocycles. The van der Waals surface area contributed by atoms with Crippen LogP contribution in [0.3, 0.4) is 0 Å². The van der Waals surface area contributed by atoms with Gasteiger partial charge in [-0.1, -0.05) is 0 Å². The van der Waals surface area contributed by atoms with Crippen LogP contribution in [0, 0.1) is 13.7 Å². The lowest BCUT2D eigenvalue weighted by Crippen LogP contribution is -2.58. The molecule has 0 saturated heterocycles. The Labute approximate surface area is 244 Å². The van der Waals surface area contributed by atoms with E-state index in [1.165, 1.54) is 6.92 Å². The fourth-order valence-electron chi connectivity index (χ4n) is 3.54. The van der Waals surface area contributed by atoms with Gasteiger partial charge in [0.1, 0.15) is 29.9 Å². The van der Waals surface area contributed by atoms with Gasteiger partial charge in [-0.25, -0.2) is 0 Å². The van der Waals surface area contributed by atoms with Crippen LogP contribution in [-0.2, 0) is 28.8 Å². The number of nitrogens with one attached hydrogen (secondary N) is 4. The number of carboxylic acid groups (broad SMARTS) is 1. The van der Waals surface area contributed by atoms with Crippen molar-refractivity contribution in [3.8, 4) is 5.75 Å². The maximum Gasteiger partial charge on any atom is 0.305 e. The number of nitrogens with zero attached hydrogens (tertiary/aromatic N) is 1. The van der Waals surface area contributed by atoms with Crippen molar-refractivity contribution in [3.05, 3.63) is 31.4 Å². The summed E-state index contributed by atoms with van der Waals surface area (Å²) in [5, 5.41) is 29.4. The Morgan fingerprint density at radius 3 is 2.39 bits per heavy atom. The van der Waals surface area contributed by atoms with Gasteiger partial charge in [-0.2, -0.15) is 0 Å². The highest BCUT2D eigenvalue weighted by Crippen LogP contribution is 2.31. The average molecular weight is 691 g/mol. The van der Waals surface area contributed by atoms with Gasteiger partial charge in [0, 0.05) is 18.6 Å². The normalized spacial score (nSPS) is 20.4. The molecule has 1 aromatic carbocycles. The van der Waals surface area contributed by atoms with E-state index in [1.54, 1.807) is 22.6 Å². The first-order chi connectivity index (χ1) is 19.1. The van der Waals surface area contributed by atoms with E-state index in [0.717, 1.165) is 12.1 Å². The second-order valence-corrected chi connectivity index (χ2v) is 9.91. The number of carboxylic acids is 1. The number of primary amides is 2. The molecule has 19 heteroatoms. The van der Waals surface area contributed by atoms with Crippen molar-refractivity contribution in [2.45, 2.75) is 50.4 Å². The molecule has 0 radical (unpaired) electrons. The third kappa shape index (κ3) is 9.25. The summed E-state index contributed by atoms with van der Waals surface area (Å²) >= 11 is 1.66. The summed E-state index contributed by atoms with van der Waals surface area (Å²) in [7, 11) is 0. The van der Waals surface area contributed by atoms with Crippen LogP contribution >= 0.6 is 22.6 Å². The molecule has 0 fully saturated rings. The number of hydrogen-bond donors (Lipinski definition) is 7. The summed E-state index contributed by atoms with van der Waals surface area (Å²) in [6.07, 6.45) is -1.85. The Morgan fingerprint density at radius 1 is 1.17 bits per heavy atom. The third-order valence-corrected chi connectivity index (χ3v) is 6.39. The summed E-state index contributed by atoms with van der Waals surface area (Å²) in [6.45, 7) is 0.851. The minimum atomic E-state index is -1.62. The van der Waals surface area contributed by atoms with Crippen LogP contribution in [0.1, 0.15) is 36.5 Å². The molecule has 41 heavy (non-hydrogen) atoms. The molecular weight excluding hydrogens is 665 g/mol. The van der Waals surface area contributed by atoms with E-state index < -0.39 is 89.0 Å². The topological polar surface area (TPSA) is 292 Å². The molecule has 2 rings (SSSR count). The number of amides is 6. The summed E-state index contributed by atoms with van der Waals surface area (Å²) in [6, 6.07) is -4.04. The molecule has 6 amide bonds. The van der Waals surface area contributed by atoms with Crippen LogP contribution in [0.2, 0.25) is 0 Å². The molecule has 222 valence electrons. The zero-order valence-corrected chi connectivity index (χ0v) is 23.5. The van der Waals surface area contributed by atoms with E-state index in [0.29, 0.717) is 0 Å². The van der Waals surface area contributed by atoms with Crippen molar-refractivity contribution in [1.82, 2.24) is 21.3 Å². The fourth-order valence-corrected chi connectivity index (χ4v) is 4.31. The standard InChI is InChI=1S/C22H26IN7O11/c1-8-19(35)27-12(21(37)28-13(18(25)34)7-16(32)33)2-3-41-17-10(4-9(30(39)40)5-11(17)23)20(36)29-14(6-15(24)31)22(38)26-8/h4-5,8,12-14H,2-3,6-7H2,1H3,(H2,24,31)(H2,25,34)(H,26,38)(H,27,35)(H,28,37)(H,29,36)(H,32,33)/t8-,12-,13?,14-/m0/s1. The molecule has 0 bridgehead atoms. The quantitative estimate of drug-likeness (QED) is 0.0842. The van der Waals surface area contributed by atoms with Gasteiger partial charge in [-0.15, -0.1) is 0 Å². The third-order valence-electron chi connectivity index (χ3n) is 5.59. The number of nitro groups is 1. The van der Waals surface area contributed by atoms with E-state index in [9.17, 15) is 43.7 Å². The largest absolute Gasteiger partial charge is 0.492 e. The zero-order chi connectivity index (χ0) is 31.0. The van der Waals surface area contributed by atoms with Gasteiger partial charge >= 0.3 is 5.97 Å². The van der Waals surface area contributed by atoms with Crippen LogP contribution in [0.25, 0.3) is 0 Å². The minimum absolute atomic E-state index is 0.0962. The predicted octanol–water partition coefficient (Wildman–Crippen LogP) is -2.61. The van der Waals surface area contributed by atoms with E-state index in [4.69, 9.17) is 21.3 Å². The summed E-state index contributed by atoms with van der Waals surface area (Å²) in [5.74, 6) is -7.73.